The van der Waals surface area contributed by atoms with Gasteiger partial charge < -0.3 is 14.4 Å². The molecule has 1 aromatic rings. The summed E-state index contributed by atoms with van der Waals surface area (Å²) in [6.07, 6.45) is 10.5. The van der Waals surface area contributed by atoms with Gasteiger partial charge in [0.15, 0.2) is 0 Å². The lowest BCUT2D eigenvalue weighted by molar-refractivity contribution is -0.136. The fourth-order valence-corrected chi connectivity index (χ4v) is 5.12. The molecule has 0 N–H and O–H groups in total. The van der Waals surface area contributed by atoms with Crippen LogP contribution in [0, 0.1) is 17.3 Å². The number of imidazole rings is 1. The monoisotopic (exact) mass is 356 g/mol. The molecule has 1 aromatic heterocycles. The molecule has 0 radical (unpaired) electrons. The van der Waals surface area contributed by atoms with Gasteiger partial charge in [0.1, 0.15) is 0 Å². The molecular weight excluding hydrogens is 324 g/mol. The standard InChI is InChI=1S/C21H32N4O/c1-15(2)25-12-19(22-14-25)18-11-23(9-16-3-4-16)13-21(18)7-8-24(20(21)26)10-17-5-6-17/h12,14-18H,3-11,13H2,1-2H3/t18-,21-/m0/s1. The zero-order valence-corrected chi connectivity index (χ0v) is 16.2. The molecule has 1 amide bonds. The first-order valence-electron chi connectivity index (χ1n) is 10.6. The van der Waals surface area contributed by atoms with Gasteiger partial charge in [-0.1, -0.05) is 0 Å². The van der Waals surface area contributed by atoms with Crippen LogP contribution in [0.15, 0.2) is 12.5 Å². The molecule has 0 bridgehead atoms. The number of nitrogens with zero attached hydrogens (tertiary/aromatic N) is 4. The quantitative estimate of drug-likeness (QED) is 0.787. The highest BCUT2D eigenvalue weighted by molar-refractivity contribution is 5.86. The van der Waals surface area contributed by atoms with Crippen molar-refractivity contribution in [2.75, 3.05) is 32.7 Å². The zero-order chi connectivity index (χ0) is 17.9. The van der Waals surface area contributed by atoms with Crippen molar-refractivity contribution in [1.29, 1.82) is 0 Å². The summed E-state index contributed by atoms with van der Waals surface area (Å²) in [5, 5.41) is 0. The van der Waals surface area contributed by atoms with Gasteiger partial charge in [-0.25, -0.2) is 4.98 Å². The lowest BCUT2D eigenvalue weighted by Crippen LogP contribution is -2.40. The van der Waals surface area contributed by atoms with E-state index in [-0.39, 0.29) is 11.3 Å². The normalized spacial score (nSPS) is 32.5. The third-order valence-electron chi connectivity index (χ3n) is 7.12. The van der Waals surface area contributed by atoms with E-state index in [1.54, 1.807) is 0 Å². The number of carbonyl (C=O) groups is 1. The van der Waals surface area contributed by atoms with Gasteiger partial charge >= 0.3 is 0 Å². The minimum absolute atomic E-state index is 0.222. The summed E-state index contributed by atoms with van der Waals surface area (Å²) in [5.41, 5.74) is 0.915. The predicted octanol–water partition coefficient (Wildman–Crippen LogP) is 2.90. The maximum atomic E-state index is 13.5. The summed E-state index contributed by atoms with van der Waals surface area (Å²) in [7, 11) is 0. The smallest absolute Gasteiger partial charge is 0.230 e. The van der Waals surface area contributed by atoms with E-state index in [1.807, 2.05) is 6.33 Å². The van der Waals surface area contributed by atoms with E-state index in [0.717, 1.165) is 50.1 Å². The molecule has 2 saturated heterocycles. The van der Waals surface area contributed by atoms with Crippen LogP contribution in [0.2, 0.25) is 0 Å². The number of aromatic nitrogens is 2. The van der Waals surface area contributed by atoms with Gasteiger partial charge in [0.05, 0.1) is 17.4 Å². The number of amides is 1. The van der Waals surface area contributed by atoms with Crippen molar-refractivity contribution in [3.63, 3.8) is 0 Å². The van der Waals surface area contributed by atoms with Crippen LogP contribution in [-0.2, 0) is 4.79 Å². The first kappa shape index (κ1) is 16.8. The van der Waals surface area contributed by atoms with Gasteiger partial charge in [0.25, 0.3) is 0 Å². The van der Waals surface area contributed by atoms with Gasteiger partial charge in [-0.05, 0) is 57.8 Å². The van der Waals surface area contributed by atoms with Gasteiger partial charge in [0, 0.05) is 50.9 Å². The van der Waals surface area contributed by atoms with Crippen molar-refractivity contribution in [2.45, 2.75) is 57.9 Å². The molecule has 4 fully saturated rings. The Bertz CT molecular complexity index is 690. The molecule has 5 heteroatoms. The fraction of sp³-hybridized carbons (Fsp3) is 0.810. The minimum atomic E-state index is -0.222. The van der Waals surface area contributed by atoms with E-state index in [9.17, 15) is 4.79 Å². The lowest BCUT2D eigenvalue weighted by Gasteiger charge is -2.28. The van der Waals surface area contributed by atoms with Gasteiger partial charge in [-0.15, -0.1) is 0 Å². The maximum absolute atomic E-state index is 13.5. The van der Waals surface area contributed by atoms with E-state index in [0.29, 0.717) is 11.9 Å². The Kier molecular flexibility index (Phi) is 3.93. The molecule has 5 rings (SSSR count). The summed E-state index contributed by atoms with van der Waals surface area (Å²) in [6, 6.07) is 0.418. The molecule has 5 nitrogen and oxygen atoms in total. The molecule has 2 atom stereocenters. The summed E-state index contributed by atoms with van der Waals surface area (Å²) in [6.45, 7) is 9.46. The second-order valence-corrected chi connectivity index (χ2v) is 9.63. The van der Waals surface area contributed by atoms with Crippen molar-refractivity contribution < 1.29 is 4.79 Å². The highest BCUT2D eigenvalue weighted by atomic mass is 16.2. The van der Waals surface area contributed by atoms with Crippen LogP contribution in [0.25, 0.3) is 0 Å². The fourth-order valence-electron chi connectivity index (χ4n) is 5.12. The Labute approximate surface area is 156 Å². The van der Waals surface area contributed by atoms with Gasteiger partial charge in [0.2, 0.25) is 5.91 Å². The SMILES string of the molecule is CC(C)n1cnc([C@@H]2CN(CC3CC3)C[C@@]23CCN(CC2CC2)C3=O)c1. The highest BCUT2D eigenvalue weighted by Crippen LogP contribution is 2.51. The largest absolute Gasteiger partial charge is 0.342 e. The molecule has 4 aliphatic rings. The molecule has 1 spiro atoms. The predicted molar refractivity (Wildman–Crippen MR) is 101 cm³/mol. The van der Waals surface area contributed by atoms with Crippen molar-refractivity contribution in [3.05, 3.63) is 18.2 Å². The van der Waals surface area contributed by atoms with Crippen LogP contribution in [-0.4, -0.2) is 58.0 Å². The van der Waals surface area contributed by atoms with Crippen molar-refractivity contribution in [3.8, 4) is 0 Å². The van der Waals surface area contributed by atoms with Crippen molar-refractivity contribution in [1.82, 2.24) is 19.4 Å². The zero-order valence-electron chi connectivity index (χ0n) is 16.2. The number of hydrogen-bond donors (Lipinski definition) is 0. The molecule has 0 aromatic carbocycles. The Hall–Kier alpha value is -1.36. The molecule has 0 unspecified atom stereocenters. The number of likely N-dealkylation sites (tertiary alicyclic amines) is 2. The summed E-state index contributed by atoms with van der Waals surface area (Å²) < 4.78 is 2.19. The Morgan fingerprint density at radius 1 is 1.19 bits per heavy atom. The van der Waals surface area contributed by atoms with Crippen molar-refractivity contribution >= 4 is 5.91 Å². The van der Waals surface area contributed by atoms with Gasteiger partial charge in [-0.2, -0.15) is 0 Å². The summed E-state index contributed by atoms with van der Waals surface area (Å²) >= 11 is 0. The number of carbonyl (C=O) groups excluding carboxylic acids is 1. The average molecular weight is 357 g/mol. The molecule has 2 aliphatic heterocycles. The van der Waals surface area contributed by atoms with Crippen LogP contribution in [0.1, 0.15) is 63.6 Å². The summed E-state index contributed by atoms with van der Waals surface area (Å²) in [5.74, 6) is 2.33. The van der Waals surface area contributed by atoms with Crippen LogP contribution in [0.3, 0.4) is 0 Å². The van der Waals surface area contributed by atoms with E-state index in [1.165, 1.54) is 32.2 Å². The molecule has 3 heterocycles. The molecule has 2 saturated carbocycles. The summed E-state index contributed by atoms with van der Waals surface area (Å²) in [4.78, 5) is 23.1. The van der Waals surface area contributed by atoms with E-state index in [4.69, 9.17) is 4.98 Å². The first-order chi connectivity index (χ1) is 12.5. The molecule has 2 aliphatic carbocycles. The highest BCUT2D eigenvalue weighted by Gasteiger charge is 2.58. The van der Waals surface area contributed by atoms with Crippen LogP contribution in [0.4, 0.5) is 0 Å². The molecular formula is C21H32N4O. The second kappa shape index (κ2) is 6.08. The molecule has 26 heavy (non-hydrogen) atoms. The van der Waals surface area contributed by atoms with E-state index < -0.39 is 0 Å². The van der Waals surface area contributed by atoms with Crippen molar-refractivity contribution in [2.24, 2.45) is 17.3 Å². The van der Waals surface area contributed by atoms with Gasteiger partial charge in [-0.3, -0.25) is 4.79 Å². The Morgan fingerprint density at radius 3 is 2.58 bits per heavy atom. The van der Waals surface area contributed by atoms with E-state index in [2.05, 4.69) is 34.4 Å². The van der Waals surface area contributed by atoms with Crippen LogP contribution in [0.5, 0.6) is 0 Å². The Morgan fingerprint density at radius 2 is 1.92 bits per heavy atom. The maximum Gasteiger partial charge on any atom is 0.230 e. The number of rotatable bonds is 6. The topological polar surface area (TPSA) is 41.4 Å². The molecule has 142 valence electrons. The minimum Gasteiger partial charge on any atom is -0.342 e. The lowest BCUT2D eigenvalue weighted by atomic mass is 9.75. The third kappa shape index (κ3) is 2.88. The first-order valence-corrected chi connectivity index (χ1v) is 10.6. The van der Waals surface area contributed by atoms with Crippen LogP contribution < -0.4 is 0 Å². The average Bonchev–Trinajstić information content (AvgIpc) is 3.49. The van der Waals surface area contributed by atoms with Crippen LogP contribution >= 0.6 is 0 Å². The Balaban J connectivity index is 1.42. The third-order valence-corrected chi connectivity index (χ3v) is 7.12. The number of hydrogen-bond acceptors (Lipinski definition) is 3. The van der Waals surface area contributed by atoms with E-state index >= 15 is 0 Å². The second-order valence-electron chi connectivity index (χ2n) is 9.63.